The number of carbonyl (C=O) groups is 1. The van der Waals surface area contributed by atoms with Gasteiger partial charge in [-0.25, -0.2) is 8.42 Å². The van der Waals surface area contributed by atoms with E-state index in [1.165, 1.54) is 34.6 Å². The Balaban J connectivity index is 1.53. The van der Waals surface area contributed by atoms with Gasteiger partial charge in [0.05, 0.1) is 21.5 Å². The zero-order chi connectivity index (χ0) is 24.3. The molecule has 0 unspecified atom stereocenters. The smallest absolute Gasteiger partial charge is 0.293 e. The normalized spacial score (nSPS) is 14.4. The number of anilines is 1. The van der Waals surface area contributed by atoms with Crippen molar-refractivity contribution in [2.45, 2.75) is 4.90 Å². The van der Waals surface area contributed by atoms with Gasteiger partial charge in [-0.2, -0.15) is 9.57 Å². The predicted octanol–water partition coefficient (Wildman–Crippen LogP) is 3.21. The van der Waals surface area contributed by atoms with Crippen molar-refractivity contribution < 1.29 is 18.1 Å². The highest BCUT2D eigenvalue weighted by Gasteiger charge is 2.31. The highest BCUT2D eigenvalue weighted by molar-refractivity contribution is 7.89. The number of carbonyl (C=O) groups excluding carboxylic acids is 1. The molecule has 0 amide bonds. The molecule has 0 N–H and O–H groups in total. The second-order valence-electron chi connectivity index (χ2n) is 7.68. The first kappa shape index (κ1) is 23.1. The minimum absolute atomic E-state index is 0.0923. The van der Waals surface area contributed by atoms with Crippen LogP contribution in [-0.4, -0.2) is 49.6 Å². The van der Waals surface area contributed by atoms with Gasteiger partial charge in [0.2, 0.25) is 10.0 Å². The van der Waals surface area contributed by atoms with Crippen molar-refractivity contribution in [3.63, 3.8) is 0 Å². The lowest BCUT2D eigenvalue weighted by atomic mass is 10.0. The Morgan fingerprint density at radius 3 is 2.15 bits per heavy atom. The molecule has 0 aromatic heterocycles. The van der Waals surface area contributed by atoms with Crippen LogP contribution in [0.2, 0.25) is 0 Å². The summed E-state index contributed by atoms with van der Waals surface area (Å²) in [5.74, 6) is -0.312. The SMILES string of the molecule is N#Cc1ccc(S(=O)(=O)N2CCN(c3ccc(C(=O)c4ccccc4)cc3[N+](=O)[O-])CC2)cc1. The molecule has 1 fully saturated rings. The molecule has 0 bridgehead atoms. The Labute approximate surface area is 196 Å². The summed E-state index contributed by atoms with van der Waals surface area (Å²) in [5.41, 5.74) is 1.15. The van der Waals surface area contributed by atoms with E-state index < -0.39 is 14.9 Å². The van der Waals surface area contributed by atoms with Crippen molar-refractivity contribution in [1.82, 2.24) is 4.31 Å². The second-order valence-corrected chi connectivity index (χ2v) is 9.62. The number of rotatable bonds is 6. The third-order valence-electron chi connectivity index (χ3n) is 5.67. The van der Waals surface area contributed by atoms with Gasteiger partial charge in [-0.1, -0.05) is 30.3 Å². The van der Waals surface area contributed by atoms with Gasteiger partial charge in [-0.05, 0) is 36.4 Å². The lowest BCUT2D eigenvalue weighted by Crippen LogP contribution is -2.48. The first-order chi connectivity index (χ1) is 16.3. The number of hydrogen-bond acceptors (Lipinski definition) is 7. The molecular formula is C24H20N4O5S. The van der Waals surface area contributed by atoms with Crippen LogP contribution in [0.25, 0.3) is 0 Å². The maximum atomic E-state index is 12.9. The number of benzene rings is 3. The molecule has 0 spiro atoms. The maximum absolute atomic E-state index is 12.9. The summed E-state index contributed by atoms with van der Waals surface area (Å²) >= 11 is 0. The fraction of sp³-hybridized carbons (Fsp3) is 0.167. The van der Waals surface area contributed by atoms with Gasteiger partial charge < -0.3 is 4.90 Å². The number of nitriles is 1. The van der Waals surface area contributed by atoms with Crippen LogP contribution in [-0.2, 0) is 10.0 Å². The third-order valence-corrected chi connectivity index (χ3v) is 7.58. The molecule has 0 atom stereocenters. The molecule has 1 aliphatic rings. The van der Waals surface area contributed by atoms with Crippen molar-refractivity contribution in [2.24, 2.45) is 0 Å². The molecule has 3 aromatic carbocycles. The van der Waals surface area contributed by atoms with E-state index in [0.717, 1.165) is 0 Å². The summed E-state index contributed by atoms with van der Waals surface area (Å²) in [6, 6.07) is 20.5. The molecular weight excluding hydrogens is 456 g/mol. The molecule has 0 radical (unpaired) electrons. The number of nitro groups is 1. The van der Waals surface area contributed by atoms with E-state index in [4.69, 9.17) is 5.26 Å². The molecule has 34 heavy (non-hydrogen) atoms. The molecule has 4 rings (SSSR count). The number of ketones is 1. The molecule has 1 aliphatic heterocycles. The number of nitrogens with zero attached hydrogens (tertiary/aromatic N) is 4. The molecule has 1 heterocycles. The van der Waals surface area contributed by atoms with Crippen molar-refractivity contribution in [3.8, 4) is 6.07 Å². The Bertz CT molecular complexity index is 1380. The molecule has 172 valence electrons. The van der Waals surface area contributed by atoms with Crippen LogP contribution in [0.15, 0.2) is 77.7 Å². The lowest BCUT2D eigenvalue weighted by Gasteiger charge is -2.35. The van der Waals surface area contributed by atoms with E-state index in [9.17, 15) is 23.3 Å². The topological polar surface area (TPSA) is 125 Å². The fourth-order valence-electron chi connectivity index (χ4n) is 3.85. The third kappa shape index (κ3) is 4.52. The molecule has 0 aliphatic carbocycles. The predicted molar refractivity (Wildman–Crippen MR) is 125 cm³/mol. The Kier molecular flexibility index (Phi) is 6.40. The van der Waals surface area contributed by atoms with Crippen LogP contribution in [0, 0.1) is 21.4 Å². The van der Waals surface area contributed by atoms with Crippen LogP contribution in [0.5, 0.6) is 0 Å². The summed E-state index contributed by atoms with van der Waals surface area (Å²) in [5, 5.41) is 20.7. The number of nitro benzene ring substituents is 1. The van der Waals surface area contributed by atoms with Crippen molar-refractivity contribution in [1.29, 1.82) is 5.26 Å². The number of sulfonamides is 1. The minimum Gasteiger partial charge on any atom is -0.363 e. The average molecular weight is 477 g/mol. The zero-order valence-electron chi connectivity index (χ0n) is 18.0. The number of piperazine rings is 1. The molecule has 10 heteroatoms. The second kappa shape index (κ2) is 9.43. The van der Waals surface area contributed by atoms with Gasteiger partial charge in [0.1, 0.15) is 5.69 Å². The number of hydrogen-bond donors (Lipinski definition) is 0. The summed E-state index contributed by atoms with van der Waals surface area (Å²) in [4.78, 5) is 25.8. The molecule has 9 nitrogen and oxygen atoms in total. The van der Waals surface area contributed by atoms with Crippen molar-refractivity contribution >= 4 is 27.2 Å². The Morgan fingerprint density at radius 1 is 0.912 bits per heavy atom. The van der Waals surface area contributed by atoms with E-state index in [1.54, 1.807) is 47.4 Å². The van der Waals surface area contributed by atoms with Crippen LogP contribution in [0.3, 0.4) is 0 Å². The van der Waals surface area contributed by atoms with Crippen LogP contribution < -0.4 is 4.90 Å². The van der Waals surface area contributed by atoms with Gasteiger partial charge in [0.25, 0.3) is 5.69 Å². The monoisotopic (exact) mass is 476 g/mol. The van der Waals surface area contributed by atoms with Gasteiger partial charge in [-0.15, -0.1) is 0 Å². The summed E-state index contributed by atoms with van der Waals surface area (Å²) in [6.45, 7) is 0.791. The zero-order valence-corrected chi connectivity index (χ0v) is 18.8. The van der Waals surface area contributed by atoms with Crippen molar-refractivity contribution in [2.75, 3.05) is 31.1 Å². The van der Waals surface area contributed by atoms with Crippen LogP contribution in [0.1, 0.15) is 21.5 Å². The summed E-state index contributed by atoms with van der Waals surface area (Å²) in [6.07, 6.45) is 0. The standard InChI is InChI=1S/C24H20N4O5S/c25-17-18-6-9-21(10-7-18)34(32,33)27-14-12-26(13-15-27)22-11-8-20(16-23(22)28(30)31)24(29)19-4-2-1-3-5-19/h1-11,16H,12-15H2. The Hall–Kier alpha value is -4.07. The van der Waals surface area contributed by atoms with E-state index in [1.807, 2.05) is 6.07 Å². The van der Waals surface area contributed by atoms with E-state index >= 15 is 0 Å². The lowest BCUT2D eigenvalue weighted by molar-refractivity contribution is -0.384. The first-order valence-corrected chi connectivity index (χ1v) is 11.9. The molecule has 3 aromatic rings. The van der Waals surface area contributed by atoms with Gasteiger partial charge >= 0.3 is 0 Å². The average Bonchev–Trinajstić information content (AvgIpc) is 2.88. The van der Waals surface area contributed by atoms with Gasteiger partial charge in [0, 0.05) is 43.4 Å². The van der Waals surface area contributed by atoms with E-state index in [0.29, 0.717) is 16.8 Å². The largest absolute Gasteiger partial charge is 0.363 e. The highest BCUT2D eigenvalue weighted by atomic mass is 32.2. The van der Waals surface area contributed by atoms with Gasteiger partial charge in [0.15, 0.2) is 5.78 Å². The summed E-state index contributed by atoms with van der Waals surface area (Å²) < 4.78 is 27.2. The molecule has 1 saturated heterocycles. The van der Waals surface area contributed by atoms with E-state index in [-0.39, 0.29) is 48.1 Å². The summed E-state index contributed by atoms with van der Waals surface area (Å²) in [7, 11) is -3.75. The highest BCUT2D eigenvalue weighted by Crippen LogP contribution is 2.31. The fourth-order valence-corrected chi connectivity index (χ4v) is 5.28. The van der Waals surface area contributed by atoms with Crippen molar-refractivity contribution in [3.05, 3.63) is 99.6 Å². The van der Waals surface area contributed by atoms with Crippen LogP contribution in [0.4, 0.5) is 11.4 Å². The first-order valence-electron chi connectivity index (χ1n) is 10.4. The quantitative estimate of drug-likeness (QED) is 0.304. The molecule has 0 saturated carbocycles. The minimum atomic E-state index is -3.75. The van der Waals surface area contributed by atoms with E-state index in [2.05, 4.69) is 0 Å². The maximum Gasteiger partial charge on any atom is 0.293 e. The van der Waals surface area contributed by atoms with Gasteiger partial charge in [-0.3, -0.25) is 14.9 Å². The van der Waals surface area contributed by atoms with Crippen LogP contribution >= 0.6 is 0 Å². The Morgan fingerprint density at radius 2 is 1.56 bits per heavy atom.